The summed E-state index contributed by atoms with van der Waals surface area (Å²) in [4.78, 5) is 0. The zero-order valence-electron chi connectivity index (χ0n) is 13.8. The molecule has 116 valence electrons. The maximum absolute atomic E-state index is 4.05. The zero-order valence-corrected chi connectivity index (χ0v) is 13.8. The highest BCUT2D eigenvalue weighted by Gasteiger charge is 2.29. The summed E-state index contributed by atoms with van der Waals surface area (Å²) in [5.41, 5.74) is 3.16. The normalized spacial score (nSPS) is 28.1. The molecule has 0 heterocycles. The minimum absolute atomic E-state index is 0.587. The van der Waals surface area contributed by atoms with Gasteiger partial charge < -0.3 is 5.32 Å². The molecule has 0 aromatic heterocycles. The summed E-state index contributed by atoms with van der Waals surface area (Å²) in [6, 6.07) is 10.4. The number of rotatable bonds is 4. The molecule has 1 aromatic carbocycles. The fraction of sp³-hybridized carbons (Fsp3) is 0.700. The Morgan fingerprint density at radius 1 is 1.00 bits per heavy atom. The van der Waals surface area contributed by atoms with Crippen molar-refractivity contribution in [1.29, 1.82) is 0 Å². The minimum atomic E-state index is 0.587. The molecule has 1 aromatic rings. The van der Waals surface area contributed by atoms with Gasteiger partial charge in [0.15, 0.2) is 0 Å². The van der Waals surface area contributed by atoms with Crippen LogP contribution in [-0.2, 0) is 0 Å². The average Bonchev–Trinajstić information content (AvgIpc) is 2.55. The maximum Gasteiger partial charge on any atom is 0.0325 e. The average molecular weight is 285 g/mol. The van der Waals surface area contributed by atoms with Gasteiger partial charge in [-0.3, -0.25) is 0 Å². The van der Waals surface area contributed by atoms with Crippen molar-refractivity contribution in [2.24, 2.45) is 5.92 Å². The highest BCUT2D eigenvalue weighted by Crippen LogP contribution is 2.38. The van der Waals surface area contributed by atoms with Crippen LogP contribution < -0.4 is 5.32 Å². The number of benzene rings is 1. The van der Waals surface area contributed by atoms with Crippen molar-refractivity contribution in [2.75, 3.05) is 0 Å². The number of fused-ring (bicyclic) bond motifs is 1. The summed E-state index contributed by atoms with van der Waals surface area (Å²) in [6.45, 7) is 4.75. The molecule has 3 rings (SSSR count). The van der Waals surface area contributed by atoms with Crippen molar-refractivity contribution in [3.63, 3.8) is 0 Å². The highest BCUT2D eigenvalue weighted by atomic mass is 15.0. The van der Waals surface area contributed by atoms with Crippen molar-refractivity contribution in [2.45, 2.75) is 83.2 Å². The van der Waals surface area contributed by atoms with Gasteiger partial charge in [-0.05, 0) is 55.1 Å². The lowest BCUT2D eigenvalue weighted by molar-refractivity contribution is 0.236. The first-order valence-corrected chi connectivity index (χ1v) is 9.14. The van der Waals surface area contributed by atoms with Crippen LogP contribution in [0.2, 0.25) is 0 Å². The van der Waals surface area contributed by atoms with Crippen LogP contribution >= 0.6 is 0 Å². The minimum Gasteiger partial charge on any atom is -0.307 e. The third-order valence-electron chi connectivity index (χ3n) is 5.86. The van der Waals surface area contributed by atoms with E-state index in [0.29, 0.717) is 6.04 Å². The first kappa shape index (κ1) is 15.1. The summed E-state index contributed by atoms with van der Waals surface area (Å²) in [7, 11) is 0. The molecule has 1 nitrogen and oxygen atoms in total. The molecule has 1 heteroatoms. The Morgan fingerprint density at radius 3 is 2.43 bits per heavy atom. The topological polar surface area (TPSA) is 12.0 Å². The van der Waals surface area contributed by atoms with Gasteiger partial charge in [0.2, 0.25) is 0 Å². The van der Waals surface area contributed by atoms with Crippen LogP contribution in [0.3, 0.4) is 0 Å². The van der Waals surface area contributed by atoms with Crippen molar-refractivity contribution < 1.29 is 0 Å². The summed E-state index contributed by atoms with van der Waals surface area (Å²) >= 11 is 0. The number of hydrogen-bond donors (Lipinski definition) is 1. The zero-order chi connectivity index (χ0) is 14.7. The molecule has 0 bridgehead atoms. The van der Waals surface area contributed by atoms with Crippen LogP contribution in [0.25, 0.3) is 0 Å². The lowest BCUT2D eigenvalue weighted by atomic mass is 9.78. The molecule has 1 N–H and O–H groups in total. The van der Waals surface area contributed by atoms with E-state index in [0.717, 1.165) is 17.9 Å². The van der Waals surface area contributed by atoms with Gasteiger partial charge in [0.1, 0.15) is 0 Å². The van der Waals surface area contributed by atoms with Crippen LogP contribution in [0, 0.1) is 5.92 Å². The molecule has 0 amide bonds. The Balaban J connectivity index is 1.73. The third kappa shape index (κ3) is 3.34. The molecule has 2 aliphatic rings. The molecule has 2 aliphatic carbocycles. The van der Waals surface area contributed by atoms with E-state index in [-0.39, 0.29) is 0 Å². The second-order valence-electron chi connectivity index (χ2n) is 7.24. The SMILES string of the molecule is CCC(NC1CCC(C)c2ccccc21)C1CCCCC1. The van der Waals surface area contributed by atoms with Crippen LogP contribution in [-0.4, -0.2) is 6.04 Å². The van der Waals surface area contributed by atoms with Gasteiger partial charge in [0.05, 0.1) is 0 Å². The predicted octanol–water partition coefficient (Wildman–Crippen LogP) is 5.57. The van der Waals surface area contributed by atoms with Gasteiger partial charge in [-0.1, -0.05) is 57.4 Å². The molecular weight excluding hydrogens is 254 g/mol. The summed E-state index contributed by atoms with van der Waals surface area (Å²) in [5.74, 6) is 1.64. The molecule has 1 fully saturated rings. The molecule has 3 atom stereocenters. The van der Waals surface area contributed by atoms with Gasteiger partial charge in [0.25, 0.3) is 0 Å². The van der Waals surface area contributed by atoms with Crippen LogP contribution in [0.4, 0.5) is 0 Å². The fourth-order valence-corrected chi connectivity index (χ4v) is 4.56. The first-order chi connectivity index (χ1) is 10.3. The Morgan fingerprint density at radius 2 is 1.71 bits per heavy atom. The molecule has 0 saturated heterocycles. The van der Waals surface area contributed by atoms with Gasteiger partial charge >= 0.3 is 0 Å². The quantitative estimate of drug-likeness (QED) is 0.762. The van der Waals surface area contributed by atoms with E-state index in [2.05, 4.69) is 43.4 Å². The summed E-state index contributed by atoms with van der Waals surface area (Å²) in [5, 5.41) is 4.05. The van der Waals surface area contributed by atoms with Crippen molar-refractivity contribution in [1.82, 2.24) is 5.32 Å². The fourth-order valence-electron chi connectivity index (χ4n) is 4.56. The van der Waals surface area contributed by atoms with Crippen LogP contribution in [0.15, 0.2) is 24.3 Å². The Kier molecular flexibility index (Phi) is 5.00. The van der Waals surface area contributed by atoms with Gasteiger partial charge in [-0.2, -0.15) is 0 Å². The molecule has 0 aliphatic heterocycles. The van der Waals surface area contributed by atoms with E-state index in [1.54, 1.807) is 11.1 Å². The highest BCUT2D eigenvalue weighted by molar-refractivity contribution is 5.35. The Labute approximate surface area is 130 Å². The van der Waals surface area contributed by atoms with E-state index in [1.165, 1.54) is 51.4 Å². The van der Waals surface area contributed by atoms with Gasteiger partial charge in [0, 0.05) is 12.1 Å². The smallest absolute Gasteiger partial charge is 0.0325 e. The van der Waals surface area contributed by atoms with Gasteiger partial charge in [-0.25, -0.2) is 0 Å². The standard InChI is InChI=1S/C20H31N/c1-3-19(16-9-5-4-6-10-16)21-20-14-13-15(2)17-11-7-8-12-18(17)20/h7-8,11-12,15-16,19-21H,3-6,9-10,13-14H2,1-2H3. The van der Waals surface area contributed by atoms with E-state index in [1.807, 2.05) is 0 Å². The van der Waals surface area contributed by atoms with Crippen molar-refractivity contribution in [3.05, 3.63) is 35.4 Å². The number of hydrogen-bond acceptors (Lipinski definition) is 1. The molecule has 3 unspecified atom stereocenters. The number of nitrogens with one attached hydrogen (secondary N) is 1. The predicted molar refractivity (Wildman–Crippen MR) is 90.6 cm³/mol. The first-order valence-electron chi connectivity index (χ1n) is 9.14. The molecular formula is C20H31N. The molecule has 0 spiro atoms. The molecule has 21 heavy (non-hydrogen) atoms. The largest absolute Gasteiger partial charge is 0.307 e. The second kappa shape index (κ2) is 6.96. The Hall–Kier alpha value is -0.820. The van der Waals surface area contributed by atoms with E-state index < -0.39 is 0 Å². The summed E-state index contributed by atoms with van der Waals surface area (Å²) in [6.07, 6.45) is 11.1. The van der Waals surface area contributed by atoms with E-state index >= 15 is 0 Å². The Bertz CT molecular complexity index is 447. The van der Waals surface area contributed by atoms with Gasteiger partial charge in [-0.15, -0.1) is 0 Å². The summed E-state index contributed by atoms with van der Waals surface area (Å²) < 4.78 is 0. The van der Waals surface area contributed by atoms with E-state index in [4.69, 9.17) is 0 Å². The van der Waals surface area contributed by atoms with E-state index in [9.17, 15) is 0 Å². The monoisotopic (exact) mass is 285 g/mol. The van der Waals surface area contributed by atoms with Crippen molar-refractivity contribution in [3.8, 4) is 0 Å². The second-order valence-corrected chi connectivity index (χ2v) is 7.24. The lowest BCUT2D eigenvalue weighted by Gasteiger charge is -2.37. The van der Waals surface area contributed by atoms with Crippen molar-refractivity contribution >= 4 is 0 Å². The molecule has 1 saturated carbocycles. The molecule has 0 radical (unpaired) electrons. The third-order valence-corrected chi connectivity index (χ3v) is 5.86. The lowest BCUT2D eigenvalue weighted by Crippen LogP contribution is -2.40. The maximum atomic E-state index is 4.05. The van der Waals surface area contributed by atoms with Crippen LogP contribution in [0.5, 0.6) is 0 Å². The van der Waals surface area contributed by atoms with Crippen LogP contribution in [0.1, 0.15) is 88.3 Å².